The van der Waals surface area contributed by atoms with Crippen molar-refractivity contribution in [3.8, 4) is 0 Å². The number of amides is 1. The van der Waals surface area contributed by atoms with Gasteiger partial charge in [-0.1, -0.05) is 24.3 Å². The fourth-order valence-electron chi connectivity index (χ4n) is 5.51. The van der Waals surface area contributed by atoms with Gasteiger partial charge in [0.2, 0.25) is 5.91 Å². The van der Waals surface area contributed by atoms with Gasteiger partial charge in [-0.05, 0) is 73.9 Å². The Bertz CT molecular complexity index is 800. The molecule has 4 heteroatoms. The highest BCUT2D eigenvalue weighted by molar-refractivity contribution is 5.86. The summed E-state index contributed by atoms with van der Waals surface area (Å²) in [5.41, 5.74) is 2.92. The van der Waals surface area contributed by atoms with Crippen LogP contribution in [0.4, 0.5) is 0 Å². The summed E-state index contributed by atoms with van der Waals surface area (Å²) in [6.07, 6.45) is 7.34. The van der Waals surface area contributed by atoms with E-state index in [4.69, 9.17) is 4.42 Å². The van der Waals surface area contributed by atoms with E-state index in [1.807, 2.05) is 6.07 Å². The molecule has 5 rings (SSSR count). The zero-order chi connectivity index (χ0) is 18.3. The van der Waals surface area contributed by atoms with Crippen LogP contribution in [-0.2, 0) is 16.8 Å². The maximum absolute atomic E-state index is 13.2. The van der Waals surface area contributed by atoms with E-state index in [-0.39, 0.29) is 11.3 Å². The van der Waals surface area contributed by atoms with E-state index < -0.39 is 0 Å². The monoisotopic (exact) mass is 364 g/mol. The van der Waals surface area contributed by atoms with Crippen LogP contribution >= 0.6 is 0 Å². The molecule has 4 nitrogen and oxygen atoms in total. The molecule has 2 saturated heterocycles. The first-order valence-electron chi connectivity index (χ1n) is 10.4. The first kappa shape index (κ1) is 17.1. The van der Waals surface area contributed by atoms with Gasteiger partial charge in [0.25, 0.3) is 0 Å². The second kappa shape index (κ2) is 6.83. The smallest absolute Gasteiger partial charge is 0.230 e. The first-order valence-corrected chi connectivity index (χ1v) is 10.4. The Morgan fingerprint density at radius 2 is 1.81 bits per heavy atom. The van der Waals surface area contributed by atoms with Crippen molar-refractivity contribution in [1.82, 2.24) is 9.80 Å². The van der Waals surface area contributed by atoms with Gasteiger partial charge in [-0.15, -0.1) is 0 Å². The molecule has 0 radical (unpaired) electrons. The van der Waals surface area contributed by atoms with Crippen molar-refractivity contribution in [3.63, 3.8) is 0 Å². The van der Waals surface area contributed by atoms with Gasteiger partial charge in [0.1, 0.15) is 5.76 Å². The zero-order valence-electron chi connectivity index (χ0n) is 15.9. The minimum absolute atomic E-state index is 0.0657. The summed E-state index contributed by atoms with van der Waals surface area (Å²) >= 11 is 0. The molecule has 2 aromatic rings. The molecule has 27 heavy (non-hydrogen) atoms. The SMILES string of the molecule is O=C([C@H]1CC2(CCN(Cc3ccco3)CC2)c2ccccc21)N1CCCC1. The quantitative estimate of drug-likeness (QED) is 0.828. The van der Waals surface area contributed by atoms with Gasteiger partial charge in [-0.25, -0.2) is 0 Å². The van der Waals surface area contributed by atoms with E-state index >= 15 is 0 Å². The van der Waals surface area contributed by atoms with Gasteiger partial charge in [0.15, 0.2) is 0 Å². The van der Waals surface area contributed by atoms with Crippen LogP contribution in [0.15, 0.2) is 47.1 Å². The van der Waals surface area contributed by atoms with Crippen LogP contribution in [0.3, 0.4) is 0 Å². The van der Waals surface area contributed by atoms with Crippen LogP contribution in [0.1, 0.15) is 54.9 Å². The Labute approximate surface area is 161 Å². The Hall–Kier alpha value is -2.07. The van der Waals surface area contributed by atoms with Crippen LogP contribution in [0.25, 0.3) is 0 Å². The minimum Gasteiger partial charge on any atom is -0.468 e. The maximum atomic E-state index is 13.2. The van der Waals surface area contributed by atoms with Gasteiger partial charge in [-0.2, -0.15) is 0 Å². The summed E-state index contributed by atoms with van der Waals surface area (Å²) in [6.45, 7) is 4.92. The maximum Gasteiger partial charge on any atom is 0.230 e. The van der Waals surface area contributed by atoms with Crippen LogP contribution in [0.2, 0.25) is 0 Å². The topological polar surface area (TPSA) is 36.7 Å². The highest BCUT2D eigenvalue weighted by Gasteiger charge is 2.48. The molecule has 2 fully saturated rings. The van der Waals surface area contributed by atoms with E-state index in [0.717, 1.165) is 70.6 Å². The molecule has 2 aliphatic heterocycles. The zero-order valence-corrected chi connectivity index (χ0v) is 15.9. The molecule has 0 bridgehead atoms. The molecule has 1 spiro atoms. The molecule has 0 unspecified atom stereocenters. The number of carbonyl (C=O) groups excluding carboxylic acids is 1. The average Bonchev–Trinajstić information content (AvgIpc) is 3.45. The standard InChI is InChI=1S/C23H28N2O2/c26-22(25-11-3-4-12-25)20-16-23(21-8-2-1-7-19(20)21)9-13-24(14-10-23)17-18-6-5-15-27-18/h1-2,5-8,15,20H,3-4,9-14,16-17H2/t20-/m0/s1. The third-order valence-corrected chi connectivity index (χ3v) is 6.99. The molecule has 0 N–H and O–H groups in total. The molecule has 0 saturated carbocycles. The first-order chi connectivity index (χ1) is 13.3. The normalized spacial score (nSPS) is 24.4. The van der Waals surface area contributed by atoms with Gasteiger partial charge in [0, 0.05) is 13.1 Å². The van der Waals surface area contributed by atoms with Gasteiger partial charge in [0.05, 0.1) is 18.7 Å². The van der Waals surface area contributed by atoms with Crippen LogP contribution in [0.5, 0.6) is 0 Å². The molecule has 1 aromatic carbocycles. The third kappa shape index (κ3) is 3.00. The van der Waals surface area contributed by atoms with Crippen molar-refractivity contribution >= 4 is 5.91 Å². The van der Waals surface area contributed by atoms with E-state index in [2.05, 4.69) is 40.1 Å². The van der Waals surface area contributed by atoms with E-state index in [1.54, 1.807) is 6.26 Å². The largest absolute Gasteiger partial charge is 0.468 e. The molecule has 1 atom stereocenters. The number of piperidine rings is 1. The lowest BCUT2D eigenvalue weighted by atomic mass is 9.73. The fraction of sp³-hybridized carbons (Fsp3) is 0.522. The van der Waals surface area contributed by atoms with E-state index in [9.17, 15) is 4.79 Å². The number of benzene rings is 1. The number of furan rings is 1. The number of hydrogen-bond donors (Lipinski definition) is 0. The van der Waals surface area contributed by atoms with E-state index in [0.29, 0.717) is 5.91 Å². The Kier molecular flexibility index (Phi) is 4.31. The lowest BCUT2D eigenvalue weighted by Crippen LogP contribution is -2.41. The van der Waals surface area contributed by atoms with Crippen molar-refractivity contribution in [2.75, 3.05) is 26.2 Å². The molecule has 3 heterocycles. The lowest BCUT2D eigenvalue weighted by molar-refractivity contribution is -0.132. The van der Waals surface area contributed by atoms with Gasteiger partial charge >= 0.3 is 0 Å². The van der Waals surface area contributed by atoms with Crippen LogP contribution in [0, 0.1) is 0 Å². The lowest BCUT2D eigenvalue weighted by Gasteiger charge is -2.40. The second-order valence-electron chi connectivity index (χ2n) is 8.51. The molecule has 1 amide bonds. The number of fused-ring (bicyclic) bond motifs is 2. The predicted molar refractivity (Wildman–Crippen MR) is 105 cm³/mol. The predicted octanol–water partition coefficient (Wildman–Crippen LogP) is 3.92. The number of carbonyl (C=O) groups is 1. The Morgan fingerprint density at radius 3 is 2.56 bits per heavy atom. The highest BCUT2D eigenvalue weighted by atomic mass is 16.3. The summed E-state index contributed by atoms with van der Waals surface area (Å²) < 4.78 is 5.52. The van der Waals surface area contributed by atoms with Crippen molar-refractivity contribution in [1.29, 1.82) is 0 Å². The molecule has 1 aromatic heterocycles. The third-order valence-electron chi connectivity index (χ3n) is 6.99. The van der Waals surface area contributed by atoms with Crippen LogP contribution in [-0.4, -0.2) is 41.9 Å². The van der Waals surface area contributed by atoms with Crippen molar-refractivity contribution in [3.05, 3.63) is 59.5 Å². The molecule has 3 aliphatic rings. The number of nitrogens with zero attached hydrogens (tertiary/aromatic N) is 2. The summed E-state index contributed by atoms with van der Waals surface area (Å²) in [4.78, 5) is 17.8. The molecule has 142 valence electrons. The number of rotatable bonds is 3. The second-order valence-corrected chi connectivity index (χ2v) is 8.51. The molecular weight excluding hydrogens is 336 g/mol. The Morgan fingerprint density at radius 1 is 1.04 bits per heavy atom. The summed E-state index contributed by atoms with van der Waals surface area (Å²) in [6, 6.07) is 12.8. The number of likely N-dealkylation sites (tertiary alicyclic amines) is 2. The minimum atomic E-state index is 0.0657. The van der Waals surface area contributed by atoms with Crippen molar-refractivity contribution in [2.45, 2.75) is 50.0 Å². The van der Waals surface area contributed by atoms with Gasteiger partial charge in [-0.3, -0.25) is 9.69 Å². The van der Waals surface area contributed by atoms with Gasteiger partial charge < -0.3 is 9.32 Å². The fourth-order valence-corrected chi connectivity index (χ4v) is 5.51. The van der Waals surface area contributed by atoms with Crippen molar-refractivity contribution in [2.24, 2.45) is 0 Å². The number of hydrogen-bond acceptors (Lipinski definition) is 3. The molecule has 1 aliphatic carbocycles. The molecular formula is C23H28N2O2. The summed E-state index contributed by atoms with van der Waals surface area (Å²) in [5.74, 6) is 1.48. The summed E-state index contributed by atoms with van der Waals surface area (Å²) in [5, 5.41) is 0. The van der Waals surface area contributed by atoms with Crippen molar-refractivity contribution < 1.29 is 9.21 Å². The van der Waals surface area contributed by atoms with E-state index in [1.165, 1.54) is 11.1 Å². The summed E-state index contributed by atoms with van der Waals surface area (Å²) in [7, 11) is 0. The average molecular weight is 364 g/mol. The Balaban J connectivity index is 1.35. The van der Waals surface area contributed by atoms with Crippen LogP contribution < -0.4 is 0 Å². The highest BCUT2D eigenvalue weighted by Crippen LogP contribution is 2.52.